The molecule has 64 valence electrons. The summed E-state index contributed by atoms with van der Waals surface area (Å²) in [5, 5.41) is 12.4. The number of benzene rings is 1. The summed E-state index contributed by atoms with van der Waals surface area (Å²) in [5.74, 6) is 0. The van der Waals surface area contributed by atoms with Crippen LogP contribution in [0.15, 0.2) is 30.3 Å². The van der Waals surface area contributed by atoms with Crippen LogP contribution in [0.4, 0.5) is 0 Å². The summed E-state index contributed by atoms with van der Waals surface area (Å²) in [6.07, 6.45) is 0. The molecule has 0 amide bonds. The van der Waals surface area contributed by atoms with Crippen molar-refractivity contribution in [2.75, 3.05) is 0 Å². The van der Waals surface area contributed by atoms with E-state index in [2.05, 4.69) is 5.14 Å². The van der Waals surface area contributed by atoms with Crippen LogP contribution in [0.3, 0.4) is 0 Å². The molecule has 0 aliphatic heterocycles. The zero-order valence-corrected chi connectivity index (χ0v) is 7.07. The molecule has 12 heavy (non-hydrogen) atoms. The Kier molecular flexibility index (Phi) is 5.61. The molecule has 1 aromatic rings. The minimum atomic E-state index is -2.62. The monoisotopic (exact) mass is 184 g/mol. The van der Waals surface area contributed by atoms with E-state index in [9.17, 15) is 0 Å². The molecule has 5 heteroatoms. The summed E-state index contributed by atoms with van der Waals surface area (Å²) in [4.78, 5) is 0. The lowest BCUT2D eigenvalue weighted by atomic mass is 10.2. The fraction of sp³-hybridized carbons (Fsp3) is 0. The summed E-state index contributed by atoms with van der Waals surface area (Å²) in [7, 11) is -2.62. The Bertz CT molecular complexity index is 319. The van der Waals surface area contributed by atoms with Crippen molar-refractivity contribution in [1.29, 1.82) is 5.26 Å². The third-order valence-corrected chi connectivity index (χ3v) is 0.903. The van der Waals surface area contributed by atoms with Crippen LogP contribution >= 0.6 is 0 Å². The quantitative estimate of drug-likeness (QED) is 0.558. The highest BCUT2D eigenvalue weighted by molar-refractivity contribution is 7.69. The third-order valence-electron chi connectivity index (χ3n) is 0.903. The van der Waals surface area contributed by atoms with Crippen molar-refractivity contribution in [2.45, 2.75) is 0 Å². The lowest BCUT2D eigenvalue weighted by molar-refractivity contribution is 0.616. The first-order valence-electron chi connectivity index (χ1n) is 3.01. The Labute approximate surface area is 72.3 Å². The van der Waals surface area contributed by atoms with Gasteiger partial charge >= 0.3 is 0 Å². The molecule has 0 aromatic heterocycles. The highest BCUT2D eigenvalue weighted by Crippen LogP contribution is 1.92. The number of hydrogen-bond donors (Lipinski definition) is 2. The van der Waals surface area contributed by atoms with Gasteiger partial charge in [-0.05, 0) is 12.1 Å². The van der Waals surface area contributed by atoms with Crippen LogP contribution in [0.1, 0.15) is 5.56 Å². The predicted octanol–water partition coefficient (Wildman–Crippen LogP) is 0.0298. The summed E-state index contributed by atoms with van der Waals surface area (Å²) >= 11 is 0. The van der Waals surface area contributed by atoms with E-state index in [0.29, 0.717) is 5.56 Å². The largest absolute Gasteiger partial charge is 0.231 e. The molecule has 0 unspecified atom stereocenters. The van der Waals surface area contributed by atoms with Gasteiger partial charge in [-0.25, -0.2) is 13.6 Å². The second kappa shape index (κ2) is 6.34. The minimum Gasteiger partial charge on any atom is -0.231 e. The van der Waals surface area contributed by atoms with Gasteiger partial charge in [0.05, 0.1) is 11.6 Å². The highest BCUT2D eigenvalue weighted by atomic mass is 32.2. The van der Waals surface area contributed by atoms with Crippen molar-refractivity contribution in [3.8, 4) is 6.07 Å². The zero-order chi connectivity index (χ0) is 9.40. The van der Waals surface area contributed by atoms with Gasteiger partial charge in [-0.1, -0.05) is 18.2 Å². The molecule has 1 aromatic carbocycles. The molecule has 0 fully saturated rings. The smallest absolute Gasteiger partial charge is 0.198 e. The molecule has 4 nitrogen and oxygen atoms in total. The highest BCUT2D eigenvalue weighted by Gasteiger charge is 1.79. The van der Waals surface area contributed by atoms with Gasteiger partial charge in [0.15, 0.2) is 10.9 Å². The van der Waals surface area contributed by atoms with Gasteiger partial charge in [-0.3, -0.25) is 0 Å². The third kappa shape index (κ3) is 6.74. The lowest BCUT2D eigenvalue weighted by Gasteiger charge is -1.80. The van der Waals surface area contributed by atoms with Crippen LogP contribution in [0, 0.1) is 11.3 Å². The second-order valence-corrected chi connectivity index (χ2v) is 2.33. The van der Waals surface area contributed by atoms with Crippen molar-refractivity contribution < 1.29 is 8.42 Å². The SMILES string of the molecule is N#Cc1ccccc1.N[SH](=O)=O. The zero-order valence-electron chi connectivity index (χ0n) is 6.18. The van der Waals surface area contributed by atoms with Crippen LogP contribution < -0.4 is 5.14 Å². The van der Waals surface area contributed by atoms with E-state index in [1.54, 1.807) is 12.1 Å². The second-order valence-electron chi connectivity index (χ2n) is 1.76. The van der Waals surface area contributed by atoms with E-state index in [4.69, 9.17) is 13.7 Å². The van der Waals surface area contributed by atoms with E-state index in [0.717, 1.165) is 0 Å². The molecule has 2 N–H and O–H groups in total. The fourth-order valence-corrected chi connectivity index (χ4v) is 0.513. The molecule has 1 rings (SSSR count). The van der Waals surface area contributed by atoms with Gasteiger partial charge in [0, 0.05) is 0 Å². The summed E-state index contributed by atoms with van der Waals surface area (Å²) < 4.78 is 17.6. The molecule has 0 atom stereocenters. The maximum absolute atomic E-state index is 8.81. The molecular formula is C7H8N2O2S. The maximum atomic E-state index is 8.81. The van der Waals surface area contributed by atoms with Gasteiger partial charge in [0.1, 0.15) is 0 Å². The molecule has 0 aliphatic rings. The average molecular weight is 184 g/mol. The Hall–Kier alpha value is -1.38. The van der Waals surface area contributed by atoms with Crippen molar-refractivity contribution in [3.05, 3.63) is 35.9 Å². The topological polar surface area (TPSA) is 83.9 Å². The Balaban J connectivity index is 0.000000261. The van der Waals surface area contributed by atoms with Gasteiger partial charge in [0.2, 0.25) is 0 Å². The molecule has 0 aliphatic carbocycles. The first kappa shape index (κ1) is 10.6. The summed E-state index contributed by atoms with van der Waals surface area (Å²) in [6, 6.07) is 11.2. The number of hydrogen-bond acceptors (Lipinski definition) is 3. The molecule has 0 radical (unpaired) electrons. The Morgan fingerprint density at radius 3 is 1.92 bits per heavy atom. The number of thiol groups is 1. The number of rotatable bonds is 0. The maximum Gasteiger partial charge on any atom is 0.198 e. The Morgan fingerprint density at radius 2 is 1.67 bits per heavy atom. The summed E-state index contributed by atoms with van der Waals surface area (Å²) in [5.41, 5.74) is 0.715. The van der Waals surface area contributed by atoms with Gasteiger partial charge in [-0.2, -0.15) is 5.26 Å². The molecule has 0 spiro atoms. The van der Waals surface area contributed by atoms with E-state index in [1.807, 2.05) is 24.3 Å². The number of nitrogens with zero attached hydrogens (tertiary/aromatic N) is 1. The predicted molar refractivity (Wildman–Crippen MR) is 45.7 cm³/mol. The van der Waals surface area contributed by atoms with Gasteiger partial charge < -0.3 is 0 Å². The van der Waals surface area contributed by atoms with Gasteiger partial charge in [-0.15, -0.1) is 0 Å². The van der Waals surface area contributed by atoms with Crippen molar-refractivity contribution in [1.82, 2.24) is 0 Å². The first-order chi connectivity index (χ1) is 5.66. The molecule has 0 heterocycles. The fourth-order valence-electron chi connectivity index (χ4n) is 0.513. The standard InChI is InChI=1S/C7H5N.H3NO2S/c8-6-7-4-2-1-3-5-7;1-4(2)3/h1-5H;4H,(H2,1,2,3). The molecule has 0 saturated carbocycles. The summed E-state index contributed by atoms with van der Waals surface area (Å²) in [6.45, 7) is 0. The van der Waals surface area contributed by atoms with E-state index < -0.39 is 10.9 Å². The van der Waals surface area contributed by atoms with E-state index >= 15 is 0 Å². The van der Waals surface area contributed by atoms with Gasteiger partial charge in [0.25, 0.3) is 0 Å². The normalized spacial score (nSPS) is 8.08. The van der Waals surface area contributed by atoms with E-state index in [1.165, 1.54) is 0 Å². The molecule has 0 bridgehead atoms. The number of nitriles is 1. The van der Waals surface area contributed by atoms with Crippen LogP contribution in [-0.4, -0.2) is 8.42 Å². The molecule has 0 saturated heterocycles. The van der Waals surface area contributed by atoms with Crippen LogP contribution in [0.5, 0.6) is 0 Å². The van der Waals surface area contributed by atoms with Crippen LogP contribution in [0.2, 0.25) is 0 Å². The van der Waals surface area contributed by atoms with Crippen molar-refractivity contribution in [2.24, 2.45) is 5.14 Å². The van der Waals surface area contributed by atoms with E-state index in [-0.39, 0.29) is 0 Å². The first-order valence-corrected chi connectivity index (χ1v) is 4.25. The van der Waals surface area contributed by atoms with Crippen LogP contribution in [0.25, 0.3) is 0 Å². The average Bonchev–Trinajstić information content (AvgIpc) is 2.05. The minimum absolute atomic E-state index is 0.715. The molecular weight excluding hydrogens is 176 g/mol. The van der Waals surface area contributed by atoms with Crippen LogP contribution in [-0.2, 0) is 10.9 Å². The van der Waals surface area contributed by atoms with Crippen molar-refractivity contribution >= 4 is 10.9 Å². The number of nitrogens with two attached hydrogens (primary N) is 1. The Morgan fingerprint density at radius 1 is 1.25 bits per heavy atom. The lowest BCUT2D eigenvalue weighted by Crippen LogP contribution is -1.85. The van der Waals surface area contributed by atoms with Crippen molar-refractivity contribution in [3.63, 3.8) is 0 Å².